The summed E-state index contributed by atoms with van der Waals surface area (Å²) < 4.78 is 40.0. The number of benzene rings is 1. The second-order valence-electron chi connectivity index (χ2n) is 5.56. The number of carbonyl (C=O) groups excluding carboxylic acids is 1. The SMILES string of the molecule is CCNC(=O)CN1CCCN(S(=O)(=O)c2ccc(F)c(Cl)c2)CC1. The molecule has 1 heterocycles. The Morgan fingerprint density at radius 3 is 2.71 bits per heavy atom. The molecule has 0 radical (unpaired) electrons. The molecule has 0 spiro atoms. The molecule has 24 heavy (non-hydrogen) atoms. The standard InChI is InChI=1S/C15H21ClFN3O3S/c1-2-18-15(21)11-19-6-3-7-20(9-8-19)24(22,23)12-4-5-14(17)13(16)10-12/h4-5,10H,2-3,6-9,11H2,1H3,(H,18,21). The Balaban J connectivity index is 2.06. The number of likely N-dealkylation sites (N-methyl/N-ethyl adjacent to an activating group) is 1. The molecule has 1 N–H and O–H groups in total. The smallest absolute Gasteiger partial charge is 0.243 e. The Hall–Kier alpha value is -1.22. The van der Waals surface area contributed by atoms with Gasteiger partial charge >= 0.3 is 0 Å². The van der Waals surface area contributed by atoms with Gasteiger partial charge in [0.15, 0.2) is 0 Å². The zero-order valence-electron chi connectivity index (χ0n) is 13.5. The van der Waals surface area contributed by atoms with E-state index in [1.807, 2.05) is 11.8 Å². The van der Waals surface area contributed by atoms with Crippen LogP contribution in [-0.4, -0.2) is 62.8 Å². The average Bonchev–Trinajstić information content (AvgIpc) is 2.76. The number of halogens is 2. The lowest BCUT2D eigenvalue weighted by Gasteiger charge is -2.21. The highest BCUT2D eigenvalue weighted by Crippen LogP contribution is 2.23. The molecule has 2 rings (SSSR count). The van der Waals surface area contributed by atoms with E-state index in [9.17, 15) is 17.6 Å². The number of carbonyl (C=O) groups is 1. The number of nitrogens with zero attached hydrogens (tertiary/aromatic N) is 2. The second kappa shape index (κ2) is 8.24. The first-order valence-electron chi connectivity index (χ1n) is 7.79. The van der Waals surface area contributed by atoms with Gasteiger partial charge in [-0.3, -0.25) is 9.69 Å². The van der Waals surface area contributed by atoms with Gasteiger partial charge in [-0.1, -0.05) is 11.6 Å². The number of rotatable bonds is 5. The van der Waals surface area contributed by atoms with Crippen LogP contribution in [0.2, 0.25) is 5.02 Å². The van der Waals surface area contributed by atoms with Crippen molar-refractivity contribution in [3.8, 4) is 0 Å². The van der Waals surface area contributed by atoms with E-state index in [0.29, 0.717) is 32.6 Å². The highest BCUT2D eigenvalue weighted by molar-refractivity contribution is 7.89. The maximum absolute atomic E-state index is 13.2. The van der Waals surface area contributed by atoms with Crippen LogP contribution < -0.4 is 5.32 Å². The van der Waals surface area contributed by atoms with Crippen molar-refractivity contribution >= 4 is 27.5 Å². The van der Waals surface area contributed by atoms with Gasteiger partial charge in [0.05, 0.1) is 16.5 Å². The number of nitrogens with one attached hydrogen (secondary N) is 1. The van der Waals surface area contributed by atoms with Crippen LogP contribution in [0.5, 0.6) is 0 Å². The molecule has 0 aliphatic carbocycles. The summed E-state index contributed by atoms with van der Waals surface area (Å²) in [6.07, 6.45) is 0.619. The molecule has 1 aliphatic heterocycles. The molecule has 1 aliphatic rings. The van der Waals surface area contributed by atoms with Crippen molar-refractivity contribution in [1.82, 2.24) is 14.5 Å². The zero-order valence-corrected chi connectivity index (χ0v) is 15.0. The summed E-state index contributed by atoms with van der Waals surface area (Å²) in [5.41, 5.74) is 0. The lowest BCUT2D eigenvalue weighted by Crippen LogP contribution is -2.40. The van der Waals surface area contributed by atoms with Crippen LogP contribution in [0.25, 0.3) is 0 Å². The zero-order chi connectivity index (χ0) is 17.7. The fourth-order valence-corrected chi connectivity index (χ4v) is 4.33. The first kappa shape index (κ1) is 19.1. The highest BCUT2D eigenvalue weighted by Gasteiger charge is 2.27. The Labute approximate surface area is 146 Å². The highest BCUT2D eigenvalue weighted by atomic mass is 35.5. The van der Waals surface area contributed by atoms with Gasteiger partial charge in [-0.2, -0.15) is 4.31 Å². The van der Waals surface area contributed by atoms with E-state index in [0.717, 1.165) is 12.1 Å². The number of hydrogen-bond donors (Lipinski definition) is 1. The monoisotopic (exact) mass is 377 g/mol. The molecule has 1 aromatic rings. The molecule has 134 valence electrons. The van der Waals surface area contributed by atoms with Crippen molar-refractivity contribution in [3.63, 3.8) is 0 Å². The molecule has 0 bridgehead atoms. The fraction of sp³-hybridized carbons (Fsp3) is 0.533. The van der Waals surface area contributed by atoms with Crippen molar-refractivity contribution in [2.45, 2.75) is 18.2 Å². The predicted molar refractivity (Wildman–Crippen MR) is 89.9 cm³/mol. The topological polar surface area (TPSA) is 69.7 Å². The van der Waals surface area contributed by atoms with Crippen molar-refractivity contribution in [2.75, 3.05) is 39.3 Å². The molecule has 6 nitrogen and oxygen atoms in total. The first-order chi connectivity index (χ1) is 11.3. The van der Waals surface area contributed by atoms with Crippen LogP contribution in [0.15, 0.2) is 23.1 Å². The molecule has 0 atom stereocenters. The third-order valence-electron chi connectivity index (χ3n) is 3.82. The van der Waals surface area contributed by atoms with E-state index in [4.69, 9.17) is 11.6 Å². The van der Waals surface area contributed by atoms with Crippen molar-refractivity contribution in [1.29, 1.82) is 0 Å². The first-order valence-corrected chi connectivity index (χ1v) is 9.60. The van der Waals surface area contributed by atoms with E-state index < -0.39 is 15.8 Å². The third-order valence-corrected chi connectivity index (χ3v) is 6.00. The van der Waals surface area contributed by atoms with Crippen LogP contribution in [0.3, 0.4) is 0 Å². The molecule has 1 fully saturated rings. The van der Waals surface area contributed by atoms with Crippen LogP contribution in [0.1, 0.15) is 13.3 Å². The molecule has 0 aromatic heterocycles. The summed E-state index contributed by atoms with van der Waals surface area (Å²) in [6, 6.07) is 3.39. The van der Waals surface area contributed by atoms with Gasteiger partial charge in [0.25, 0.3) is 0 Å². The quantitative estimate of drug-likeness (QED) is 0.840. The van der Waals surface area contributed by atoms with Gasteiger partial charge in [0, 0.05) is 26.2 Å². The van der Waals surface area contributed by atoms with Crippen LogP contribution in [0.4, 0.5) is 4.39 Å². The molecule has 1 aromatic carbocycles. The van der Waals surface area contributed by atoms with E-state index in [2.05, 4.69) is 5.32 Å². The molecular weight excluding hydrogens is 357 g/mol. The number of amides is 1. The minimum absolute atomic E-state index is 0.0222. The van der Waals surface area contributed by atoms with Crippen molar-refractivity contribution < 1.29 is 17.6 Å². The van der Waals surface area contributed by atoms with Gasteiger partial charge in [0.1, 0.15) is 5.82 Å². The number of sulfonamides is 1. The van der Waals surface area contributed by atoms with Crippen molar-refractivity contribution in [2.24, 2.45) is 0 Å². The molecule has 0 saturated carbocycles. The summed E-state index contributed by atoms with van der Waals surface area (Å²) >= 11 is 5.69. The Kier molecular flexibility index (Phi) is 6.56. The Morgan fingerprint density at radius 2 is 2.04 bits per heavy atom. The van der Waals surface area contributed by atoms with Crippen LogP contribution in [0, 0.1) is 5.82 Å². The third kappa shape index (κ3) is 4.66. The normalized spacial score (nSPS) is 17.5. The number of hydrogen-bond acceptors (Lipinski definition) is 4. The van der Waals surface area contributed by atoms with Gasteiger partial charge in [-0.05, 0) is 38.1 Å². The molecule has 9 heteroatoms. The molecule has 1 amide bonds. The average molecular weight is 378 g/mol. The minimum atomic E-state index is -3.73. The summed E-state index contributed by atoms with van der Waals surface area (Å²) in [7, 11) is -3.73. The Bertz CT molecular complexity index is 699. The van der Waals surface area contributed by atoms with Gasteiger partial charge in [0.2, 0.25) is 15.9 Å². The summed E-state index contributed by atoms with van der Waals surface area (Å²) in [5, 5.41) is 2.51. The van der Waals surface area contributed by atoms with Crippen molar-refractivity contribution in [3.05, 3.63) is 29.0 Å². The maximum Gasteiger partial charge on any atom is 0.243 e. The predicted octanol–water partition coefficient (Wildman–Crippen LogP) is 1.31. The second-order valence-corrected chi connectivity index (χ2v) is 7.91. The van der Waals surface area contributed by atoms with Crippen LogP contribution >= 0.6 is 11.6 Å². The molecule has 0 unspecified atom stereocenters. The fourth-order valence-electron chi connectivity index (χ4n) is 2.59. The Morgan fingerprint density at radius 1 is 1.29 bits per heavy atom. The van der Waals surface area contributed by atoms with E-state index in [-0.39, 0.29) is 28.9 Å². The summed E-state index contributed by atoms with van der Waals surface area (Å²) in [4.78, 5) is 13.6. The van der Waals surface area contributed by atoms with E-state index in [1.54, 1.807) is 0 Å². The van der Waals surface area contributed by atoms with Gasteiger partial charge < -0.3 is 5.32 Å². The van der Waals surface area contributed by atoms with Crippen LogP contribution in [-0.2, 0) is 14.8 Å². The molecule has 1 saturated heterocycles. The van der Waals surface area contributed by atoms with E-state index in [1.165, 1.54) is 10.4 Å². The summed E-state index contributed by atoms with van der Waals surface area (Å²) in [6.45, 7) is 4.41. The minimum Gasteiger partial charge on any atom is -0.355 e. The molecular formula is C15H21ClFN3O3S. The largest absolute Gasteiger partial charge is 0.355 e. The van der Waals surface area contributed by atoms with Gasteiger partial charge in [-0.15, -0.1) is 0 Å². The van der Waals surface area contributed by atoms with Gasteiger partial charge in [-0.25, -0.2) is 12.8 Å². The summed E-state index contributed by atoms with van der Waals surface area (Å²) in [5.74, 6) is -0.723. The maximum atomic E-state index is 13.2. The lowest BCUT2D eigenvalue weighted by molar-refractivity contribution is -0.122. The van der Waals surface area contributed by atoms with E-state index >= 15 is 0 Å². The lowest BCUT2D eigenvalue weighted by atomic mass is 10.3.